The van der Waals surface area contributed by atoms with Crippen molar-refractivity contribution in [3.8, 4) is 0 Å². The Morgan fingerprint density at radius 2 is 1.80 bits per heavy atom. The highest BCUT2D eigenvalue weighted by Crippen LogP contribution is 2.33. The van der Waals surface area contributed by atoms with E-state index in [0.29, 0.717) is 0 Å². The third-order valence-electron chi connectivity index (χ3n) is 5.90. The van der Waals surface area contributed by atoms with E-state index in [0.717, 1.165) is 45.1 Å². The first-order valence-electron chi connectivity index (χ1n) is 9.46. The number of amides is 1. The van der Waals surface area contributed by atoms with Crippen LogP contribution in [0.1, 0.15) is 67.7 Å². The zero-order valence-electron chi connectivity index (χ0n) is 15.3. The minimum atomic E-state index is -3.13. The first kappa shape index (κ1) is 18.4. The third-order valence-corrected chi connectivity index (χ3v) is 8.16. The van der Waals surface area contributed by atoms with Gasteiger partial charge in [0.05, 0.1) is 17.0 Å². The van der Waals surface area contributed by atoms with Crippen molar-refractivity contribution in [1.29, 1.82) is 0 Å². The zero-order chi connectivity index (χ0) is 18.0. The number of rotatable bonds is 5. The Balaban J connectivity index is 1.65. The standard InChI is InChI=1S/C20H29NO3S/c1-15-9-10-17(14-16(15)2)19-8-5-12-21(19)20(22)11-13-25(23,24)18-6-3-4-7-18/h9-10,14,18-19H,3-8,11-13H2,1-2H3. The van der Waals surface area contributed by atoms with Crippen molar-refractivity contribution in [2.75, 3.05) is 12.3 Å². The number of carbonyl (C=O) groups excluding carboxylic acids is 1. The lowest BCUT2D eigenvalue weighted by Crippen LogP contribution is -2.33. The summed E-state index contributed by atoms with van der Waals surface area (Å²) in [6, 6.07) is 6.48. The van der Waals surface area contributed by atoms with Gasteiger partial charge in [-0.1, -0.05) is 31.0 Å². The van der Waals surface area contributed by atoms with Gasteiger partial charge in [-0.15, -0.1) is 0 Å². The Hall–Kier alpha value is -1.36. The number of benzene rings is 1. The van der Waals surface area contributed by atoms with Crippen molar-refractivity contribution < 1.29 is 13.2 Å². The van der Waals surface area contributed by atoms with Gasteiger partial charge in [-0.05, 0) is 56.2 Å². The molecule has 1 aliphatic carbocycles. The molecule has 1 aliphatic heterocycles. The molecule has 1 atom stereocenters. The molecule has 0 aromatic heterocycles. The van der Waals surface area contributed by atoms with Crippen molar-refractivity contribution in [2.24, 2.45) is 0 Å². The maximum Gasteiger partial charge on any atom is 0.224 e. The lowest BCUT2D eigenvalue weighted by molar-refractivity contribution is -0.131. The summed E-state index contributed by atoms with van der Waals surface area (Å²) in [4.78, 5) is 14.6. The molecule has 0 radical (unpaired) electrons. The molecular formula is C20H29NO3S. The Morgan fingerprint density at radius 1 is 1.08 bits per heavy atom. The van der Waals surface area contributed by atoms with E-state index in [1.165, 1.54) is 16.7 Å². The van der Waals surface area contributed by atoms with E-state index in [1.807, 2.05) is 4.90 Å². The largest absolute Gasteiger partial charge is 0.336 e. The van der Waals surface area contributed by atoms with Crippen LogP contribution in [0, 0.1) is 13.8 Å². The predicted octanol–water partition coefficient (Wildman–Crippen LogP) is 3.71. The minimum Gasteiger partial charge on any atom is -0.336 e. The van der Waals surface area contributed by atoms with E-state index in [9.17, 15) is 13.2 Å². The summed E-state index contributed by atoms with van der Waals surface area (Å²) in [5, 5.41) is -0.213. The average molecular weight is 364 g/mol. The van der Waals surface area contributed by atoms with E-state index < -0.39 is 9.84 Å². The fourth-order valence-corrected chi connectivity index (χ4v) is 6.02. The molecule has 0 spiro atoms. The number of hydrogen-bond acceptors (Lipinski definition) is 3. The SMILES string of the molecule is Cc1ccc(C2CCCN2C(=O)CCS(=O)(=O)C2CCCC2)cc1C. The molecule has 2 aliphatic rings. The lowest BCUT2D eigenvalue weighted by Gasteiger charge is -2.26. The molecule has 0 bridgehead atoms. The molecule has 1 aromatic rings. The molecule has 3 rings (SSSR count). The van der Waals surface area contributed by atoms with E-state index >= 15 is 0 Å². The molecule has 1 amide bonds. The quantitative estimate of drug-likeness (QED) is 0.801. The van der Waals surface area contributed by atoms with Gasteiger partial charge >= 0.3 is 0 Å². The van der Waals surface area contributed by atoms with Crippen LogP contribution in [-0.2, 0) is 14.6 Å². The number of carbonyl (C=O) groups is 1. The highest BCUT2D eigenvalue weighted by molar-refractivity contribution is 7.92. The van der Waals surface area contributed by atoms with Crippen LogP contribution in [0.2, 0.25) is 0 Å². The zero-order valence-corrected chi connectivity index (χ0v) is 16.1. The summed E-state index contributed by atoms with van der Waals surface area (Å²) >= 11 is 0. The van der Waals surface area contributed by atoms with Crippen LogP contribution in [0.15, 0.2) is 18.2 Å². The normalized spacial score (nSPS) is 21.8. The first-order valence-corrected chi connectivity index (χ1v) is 11.2. The molecule has 0 N–H and O–H groups in total. The summed E-state index contributed by atoms with van der Waals surface area (Å²) in [5.41, 5.74) is 3.66. The van der Waals surface area contributed by atoms with Gasteiger partial charge in [-0.2, -0.15) is 0 Å². The molecule has 25 heavy (non-hydrogen) atoms. The van der Waals surface area contributed by atoms with E-state index in [2.05, 4.69) is 32.0 Å². The monoisotopic (exact) mass is 363 g/mol. The molecule has 2 fully saturated rings. The Labute approximate surface area is 151 Å². The first-order chi connectivity index (χ1) is 11.9. The Morgan fingerprint density at radius 3 is 2.48 bits per heavy atom. The Bertz CT molecular complexity index is 735. The van der Waals surface area contributed by atoms with Gasteiger partial charge < -0.3 is 4.90 Å². The Kier molecular flexibility index (Phi) is 5.52. The van der Waals surface area contributed by atoms with E-state index in [1.54, 1.807) is 0 Å². The fourth-order valence-electron chi connectivity index (χ4n) is 4.17. The minimum absolute atomic E-state index is 0.00659. The number of likely N-dealkylation sites (tertiary alicyclic amines) is 1. The van der Waals surface area contributed by atoms with Crippen molar-refractivity contribution in [3.05, 3.63) is 34.9 Å². The second-order valence-corrected chi connectivity index (χ2v) is 10.0. The summed E-state index contributed by atoms with van der Waals surface area (Å²) in [6.45, 7) is 4.92. The topological polar surface area (TPSA) is 54.5 Å². The van der Waals surface area contributed by atoms with Gasteiger partial charge in [0.1, 0.15) is 0 Å². The number of hydrogen-bond donors (Lipinski definition) is 0. The highest BCUT2D eigenvalue weighted by Gasteiger charge is 2.33. The van der Waals surface area contributed by atoms with Crippen LogP contribution in [-0.4, -0.2) is 36.8 Å². The second kappa shape index (κ2) is 7.48. The molecule has 5 heteroatoms. The maximum atomic E-state index is 12.7. The smallest absolute Gasteiger partial charge is 0.224 e. The van der Waals surface area contributed by atoms with Crippen LogP contribution in [0.25, 0.3) is 0 Å². The summed E-state index contributed by atoms with van der Waals surface area (Å²) in [6.07, 6.45) is 5.61. The van der Waals surface area contributed by atoms with Gasteiger partial charge in [0.15, 0.2) is 9.84 Å². The van der Waals surface area contributed by atoms with Crippen molar-refractivity contribution >= 4 is 15.7 Å². The second-order valence-electron chi connectivity index (χ2n) is 7.61. The van der Waals surface area contributed by atoms with E-state index in [-0.39, 0.29) is 29.4 Å². The van der Waals surface area contributed by atoms with Crippen LogP contribution < -0.4 is 0 Å². The van der Waals surface area contributed by atoms with Gasteiger partial charge in [0.2, 0.25) is 5.91 Å². The van der Waals surface area contributed by atoms with Crippen molar-refractivity contribution in [1.82, 2.24) is 4.90 Å². The van der Waals surface area contributed by atoms with Crippen molar-refractivity contribution in [3.63, 3.8) is 0 Å². The number of nitrogens with zero attached hydrogens (tertiary/aromatic N) is 1. The van der Waals surface area contributed by atoms with Crippen LogP contribution in [0.3, 0.4) is 0 Å². The third kappa shape index (κ3) is 4.08. The van der Waals surface area contributed by atoms with Gasteiger partial charge in [-0.25, -0.2) is 8.42 Å². The highest BCUT2D eigenvalue weighted by atomic mass is 32.2. The van der Waals surface area contributed by atoms with Gasteiger partial charge in [0, 0.05) is 13.0 Å². The number of sulfone groups is 1. The van der Waals surface area contributed by atoms with Gasteiger partial charge in [0.25, 0.3) is 0 Å². The van der Waals surface area contributed by atoms with Gasteiger partial charge in [-0.3, -0.25) is 4.79 Å². The summed E-state index contributed by atoms with van der Waals surface area (Å²) in [7, 11) is -3.13. The van der Waals surface area contributed by atoms with Crippen LogP contribution in [0.5, 0.6) is 0 Å². The average Bonchev–Trinajstić information content (AvgIpc) is 3.27. The molecule has 1 heterocycles. The van der Waals surface area contributed by atoms with E-state index in [4.69, 9.17) is 0 Å². The molecule has 1 aromatic carbocycles. The fraction of sp³-hybridized carbons (Fsp3) is 0.650. The molecule has 4 nitrogen and oxygen atoms in total. The molecule has 1 saturated heterocycles. The molecule has 1 unspecified atom stereocenters. The maximum absolute atomic E-state index is 12.7. The molecule has 1 saturated carbocycles. The predicted molar refractivity (Wildman–Crippen MR) is 100 cm³/mol. The number of aryl methyl sites for hydroxylation is 2. The lowest BCUT2D eigenvalue weighted by atomic mass is 9.99. The molecule has 138 valence electrons. The van der Waals surface area contributed by atoms with Crippen molar-refractivity contribution in [2.45, 2.75) is 70.1 Å². The van der Waals surface area contributed by atoms with Crippen LogP contribution >= 0.6 is 0 Å². The molecular weight excluding hydrogens is 334 g/mol. The summed E-state index contributed by atoms with van der Waals surface area (Å²) < 4.78 is 24.8. The summed E-state index contributed by atoms with van der Waals surface area (Å²) in [5.74, 6) is -0.00517. The van der Waals surface area contributed by atoms with Crippen LogP contribution in [0.4, 0.5) is 0 Å².